The Morgan fingerprint density at radius 3 is 2.66 bits per heavy atom. The minimum absolute atomic E-state index is 0.270. The lowest BCUT2D eigenvalue weighted by Crippen LogP contribution is -2.40. The van der Waals surface area contributed by atoms with Crippen LogP contribution in [0.3, 0.4) is 0 Å². The molecule has 2 aromatic carbocycles. The van der Waals surface area contributed by atoms with E-state index in [1.807, 2.05) is 30.3 Å². The Morgan fingerprint density at radius 2 is 1.88 bits per heavy atom. The van der Waals surface area contributed by atoms with Gasteiger partial charge < -0.3 is 13.7 Å². The zero-order valence-corrected chi connectivity index (χ0v) is 19.4. The maximum atomic E-state index is 13.1. The lowest BCUT2D eigenvalue weighted by Gasteiger charge is -2.26. The predicted octanol–water partition coefficient (Wildman–Crippen LogP) is 3.90. The number of oxazole rings is 1. The first-order valence-corrected chi connectivity index (χ1v) is 13.0. The molecule has 0 radical (unpaired) electrons. The van der Waals surface area contributed by atoms with E-state index in [0.717, 1.165) is 35.4 Å². The maximum absolute atomic E-state index is 13.1. The molecule has 32 heavy (non-hydrogen) atoms. The molecule has 0 N–H and O–H groups in total. The van der Waals surface area contributed by atoms with Gasteiger partial charge in [0, 0.05) is 19.6 Å². The van der Waals surface area contributed by atoms with E-state index in [2.05, 4.69) is 16.5 Å². The number of benzene rings is 2. The molecule has 0 saturated carbocycles. The molecule has 0 bridgehead atoms. The van der Waals surface area contributed by atoms with E-state index in [0.29, 0.717) is 42.8 Å². The number of morpholine rings is 1. The van der Waals surface area contributed by atoms with Crippen molar-refractivity contribution in [1.29, 1.82) is 0 Å². The van der Waals surface area contributed by atoms with Gasteiger partial charge in [-0.25, -0.2) is 18.4 Å². The summed E-state index contributed by atoms with van der Waals surface area (Å²) in [6.45, 7) is 4.50. The Balaban J connectivity index is 1.45. The van der Waals surface area contributed by atoms with Crippen molar-refractivity contribution in [2.75, 3.05) is 26.3 Å². The number of para-hydroxylation sites is 2. The summed E-state index contributed by atoms with van der Waals surface area (Å²) in [5, 5.41) is 0.594. The highest BCUT2D eigenvalue weighted by atomic mass is 32.2. The van der Waals surface area contributed by atoms with Gasteiger partial charge in [0.25, 0.3) is 5.22 Å². The zero-order valence-electron chi connectivity index (χ0n) is 17.7. The third kappa shape index (κ3) is 4.03. The van der Waals surface area contributed by atoms with Crippen LogP contribution in [0.1, 0.15) is 19.2 Å². The van der Waals surface area contributed by atoms with Crippen molar-refractivity contribution >= 4 is 43.9 Å². The average molecular weight is 473 g/mol. The lowest BCUT2D eigenvalue weighted by molar-refractivity contribution is 0.0730. The van der Waals surface area contributed by atoms with Crippen LogP contribution >= 0.6 is 11.8 Å². The molecule has 1 fully saturated rings. The predicted molar refractivity (Wildman–Crippen MR) is 123 cm³/mol. The molecule has 2 aromatic heterocycles. The SMILES string of the molecule is CCCn1c(CSc2nc3ccccc3o2)nc2cc(S(=O)(=O)N3CCOCC3)ccc21. The summed E-state index contributed by atoms with van der Waals surface area (Å²) in [6.07, 6.45) is 0.944. The fourth-order valence-electron chi connectivity index (χ4n) is 3.88. The van der Waals surface area contributed by atoms with Crippen LogP contribution in [0, 0.1) is 0 Å². The van der Waals surface area contributed by atoms with Crippen molar-refractivity contribution in [1.82, 2.24) is 18.8 Å². The Hall–Kier alpha value is -2.40. The third-order valence-electron chi connectivity index (χ3n) is 5.45. The second-order valence-corrected chi connectivity index (χ2v) is 10.4. The summed E-state index contributed by atoms with van der Waals surface area (Å²) in [4.78, 5) is 9.57. The highest BCUT2D eigenvalue weighted by Crippen LogP contribution is 2.29. The van der Waals surface area contributed by atoms with Gasteiger partial charge in [0.15, 0.2) is 5.58 Å². The van der Waals surface area contributed by atoms with Crippen LogP contribution in [0.5, 0.6) is 0 Å². The van der Waals surface area contributed by atoms with Gasteiger partial charge in [0.05, 0.1) is 34.9 Å². The van der Waals surface area contributed by atoms with E-state index in [1.165, 1.54) is 16.1 Å². The molecule has 0 spiro atoms. The van der Waals surface area contributed by atoms with Gasteiger partial charge in [-0.15, -0.1) is 0 Å². The van der Waals surface area contributed by atoms with Crippen molar-refractivity contribution in [3.05, 3.63) is 48.3 Å². The molecule has 0 aliphatic carbocycles. The Kier molecular flexibility index (Phi) is 5.93. The largest absolute Gasteiger partial charge is 0.431 e. The summed E-state index contributed by atoms with van der Waals surface area (Å²) >= 11 is 1.49. The number of aryl methyl sites for hydroxylation is 1. The standard InChI is InChI=1S/C22H24N4O4S2/c1-2-9-26-19-8-7-16(32(27,28)25-10-12-29-13-11-25)14-18(19)23-21(26)15-31-22-24-17-5-3-4-6-20(17)30-22/h3-8,14H,2,9-13,15H2,1H3. The molecule has 3 heterocycles. The van der Waals surface area contributed by atoms with Gasteiger partial charge in [-0.1, -0.05) is 30.8 Å². The van der Waals surface area contributed by atoms with Crippen LogP contribution in [0.15, 0.2) is 57.0 Å². The van der Waals surface area contributed by atoms with Crippen LogP contribution in [-0.4, -0.2) is 53.6 Å². The molecule has 0 amide bonds. The Bertz CT molecular complexity index is 1320. The van der Waals surface area contributed by atoms with Gasteiger partial charge in [-0.3, -0.25) is 0 Å². The molecule has 5 rings (SSSR count). The van der Waals surface area contributed by atoms with E-state index in [-0.39, 0.29) is 4.90 Å². The van der Waals surface area contributed by atoms with Crippen LogP contribution in [0.25, 0.3) is 22.1 Å². The minimum atomic E-state index is -3.57. The highest BCUT2D eigenvalue weighted by molar-refractivity contribution is 7.98. The van der Waals surface area contributed by atoms with E-state index >= 15 is 0 Å². The van der Waals surface area contributed by atoms with Crippen LogP contribution in [-0.2, 0) is 27.1 Å². The Labute approximate surface area is 190 Å². The fourth-order valence-corrected chi connectivity index (χ4v) is 6.09. The molecular weight excluding hydrogens is 448 g/mol. The first kappa shape index (κ1) is 21.4. The summed E-state index contributed by atoms with van der Waals surface area (Å²) in [7, 11) is -3.57. The number of thioether (sulfide) groups is 1. The number of sulfonamides is 1. The Morgan fingerprint density at radius 1 is 1.06 bits per heavy atom. The molecule has 10 heteroatoms. The van der Waals surface area contributed by atoms with Crippen LogP contribution in [0.2, 0.25) is 0 Å². The average Bonchev–Trinajstić information content (AvgIpc) is 3.39. The van der Waals surface area contributed by atoms with E-state index in [1.54, 1.807) is 12.1 Å². The van der Waals surface area contributed by atoms with Crippen LogP contribution < -0.4 is 0 Å². The number of hydrogen-bond acceptors (Lipinski definition) is 7. The van der Waals surface area contributed by atoms with E-state index in [4.69, 9.17) is 14.1 Å². The molecule has 168 valence electrons. The molecule has 1 saturated heterocycles. The van der Waals surface area contributed by atoms with Gasteiger partial charge in [-0.05, 0) is 36.8 Å². The first-order valence-electron chi connectivity index (χ1n) is 10.6. The number of aromatic nitrogens is 3. The molecule has 0 atom stereocenters. The number of imidazole rings is 1. The number of fused-ring (bicyclic) bond motifs is 2. The monoisotopic (exact) mass is 472 g/mol. The fraction of sp³-hybridized carbons (Fsp3) is 0.364. The van der Waals surface area contributed by atoms with Crippen molar-refractivity contribution in [3.8, 4) is 0 Å². The van der Waals surface area contributed by atoms with Crippen molar-refractivity contribution in [2.45, 2.75) is 35.8 Å². The minimum Gasteiger partial charge on any atom is -0.431 e. The summed E-state index contributed by atoms with van der Waals surface area (Å²) in [6, 6.07) is 12.9. The van der Waals surface area contributed by atoms with Crippen molar-refractivity contribution in [3.63, 3.8) is 0 Å². The summed E-state index contributed by atoms with van der Waals surface area (Å²) < 4.78 is 40.8. The quantitative estimate of drug-likeness (QED) is 0.377. The van der Waals surface area contributed by atoms with Gasteiger partial charge >= 0.3 is 0 Å². The number of nitrogens with zero attached hydrogens (tertiary/aromatic N) is 4. The van der Waals surface area contributed by atoms with Gasteiger partial charge in [0.1, 0.15) is 11.3 Å². The van der Waals surface area contributed by atoms with Crippen molar-refractivity contribution in [2.24, 2.45) is 0 Å². The zero-order chi connectivity index (χ0) is 22.1. The van der Waals surface area contributed by atoms with Crippen LogP contribution in [0.4, 0.5) is 0 Å². The van der Waals surface area contributed by atoms with Crippen molar-refractivity contribution < 1.29 is 17.6 Å². The van der Waals surface area contributed by atoms with E-state index in [9.17, 15) is 8.42 Å². The lowest BCUT2D eigenvalue weighted by atomic mass is 10.3. The van der Waals surface area contributed by atoms with Gasteiger partial charge in [0.2, 0.25) is 10.0 Å². The highest BCUT2D eigenvalue weighted by Gasteiger charge is 2.27. The second-order valence-electron chi connectivity index (χ2n) is 7.58. The molecule has 0 unspecified atom stereocenters. The summed E-state index contributed by atoms with van der Waals surface area (Å²) in [5.74, 6) is 1.45. The first-order chi connectivity index (χ1) is 15.6. The normalized spacial score (nSPS) is 15.7. The smallest absolute Gasteiger partial charge is 0.257 e. The van der Waals surface area contributed by atoms with Gasteiger partial charge in [-0.2, -0.15) is 4.31 Å². The summed E-state index contributed by atoms with van der Waals surface area (Å²) in [5.41, 5.74) is 3.20. The molecule has 4 aromatic rings. The topological polar surface area (TPSA) is 90.5 Å². The molecule has 8 nitrogen and oxygen atoms in total. The third-order valence-corrected chi connectivity index (χ3v) is 8.17. The molecular formula is C22H24N4O4S2. The molecule has 1 aliphatic rings. The number of ether oxygens (including phenoxy) is 1. The molecule has 1 aliphatic heterocycles. The number of rotatable bonds is 7. The van der Waals surface area contributed by atoms with E-state index < -0.39 is 10.0 Å². The second kappa shape index (κ2) is 8.86. The number of hydrogen-bond donors (Lipinski definition) is 0. The maximum Gasteiger partial charge on any atom is 0.257 e.